The Morgan fingerprint density at radius 3 is 2.68 bits per heavy atom. The van der Waals surface area contributed by atoms with Crippen LogP contribution in [0.3, 0.4) is 0 Å². The lowest BCUT2D eigenvalue weighted by atomic mass is 10.2. The fourth-order valence-corrected chi connectivity index (χ4v) is 3.09. The third kappa shape index (κ3) is 3.16. The van der Waals surface area contributed by atoms with Gasteiger partial charge in [-0.25, -0.2) is 13.6 Å². The van der Waals surface area contributed by atoms with Gasteiger partial charge in [-0.2, -0.15) is 0 Å². The number of amides is 1. The maximum Gasteiger partial charge on any atom is 0.238 e. The maximum absolute atomic E-state index is 11.6. The Labute approximate surface area is 114 Å². The zero-order chi connectivity index (χ0) is 14.0. The van der Waals surface area contributed by atoms with E-state index in [1.54, 1.807) is 23.8 Å². The molecular weight excluding hydrogens is 286 g/mol. The monoisotopic (exact) mass is 297 g/mol. The number of rotatable bonds is 3. The second-order valence-corrected chi connectivity index (χ2v) is 6.22. The molecule has 1 aromatic carbocycles. The van der Waals surface area contributed by atoms with Crippen molar-refractivity contribution in [2.45, 2.75) is 11.8 Å². The number of hydrogen-bond acceptors (Lipinski definition) is 5. The minimum Gasteiger partial charge on any atom is -0.326 e. The van der Waals surface area contributed by atoms with Crippen LogP contribution in [0, 0.1) is 0 Å². The highest BCUT2D eigenvalue weighted by Gasteiger charge is 2.17. The second-order valence-electron chi connectivity index (χ2n) is 3.80. The molecule has 0 spiro atoms. The lowest BCUT2D eigenvalue weighted by molar-refractivity contribution is -0.114. The van der Waals surface area contributed by atoms with Crippen molar-refractivity contribution >= 4 is 33.0 Å². The van der Waals surface area contributed by atoms with Crippen LogP contribution in [0.4, 0.5) is 5.69 Å². The maximum atomic E-state index is 11.6. The number of carbonyl (C=O) groups excluding carboxylic acids is 1. The molecule has 2 aromatic rings. The van der Waals surface area contributed by atoms with E-state index in [-0.39, 0.29) is 10.8 Å². The molecule has 1 amide bonds. The van der Waals surface area contributed by atoms with Gasteiger partial charge in [-0.15, -0.1) is 11.3 Å². The van der Waals surface area contributed by atoms with Gasteiger partial charge in [0.15, 0.2) is 0 Å². The summed E-state index contributed by atoms with van der Waals surface area (Å²) in [6, 6.07) is 4.55. The first-order chi connectivity index (χ1) is 8.88. The molecule has 0 saturated heterocycles. The Morgan fingerprint density at radius 2 is 2.16 bits per heavy atom. The summed E-state index contributed by atoms with van der Waals surface area (Å²) in [4.78, 5) is 15.5. The topological polar surface area (TPSA) is 102 Å². The van der Waals surface area contributed by atoms with Crippen molar-refractivity contribution in [1.29, 1.82) is 0 Å². The summed E-state index contributed by atoms with van der Waals surface area (Å²) < 4.78 is 23.3. The molecule has 0 atom stereocenters. The molecule has 3 N–H and O–H groups in total. The van der Waals surface area contributed by atoms with E-state index in [2.05, 4.69) is 10.3 Å². The van der Waals surface area contributed by atoms with Crippen molar-refractivity contribution in [2.24, 2.45) is 5.14 Å². The summed E-state index contributed by atoms with van der Waals surface area (Å²) in [7, 11) is -3.89. The normalized spacial score (nSPS) is 11.3. The number of nitrogens with two attached hydrogens (primary N) is 1. The highest BCUT2D eigenvalue weighted by Crippen LogP contribution is 2.31. The van der Waals surface area contributed by atoms with E-state index >= 15 is 0 Å². The fraction of sp³-hybridized carbons (Fsp3) is 0.0909. The molecule has 0 aliphatic heterocycles. The van der Waals surface area contributed by atoms with Crippen LogP contribution in [-0.4, -0.2) is 19.3 Å². The number of carbonyl (C=O) groups is 1. The van der Waals surface area contributed by atoms with Gasteiger partial charge in [0.1, 0.15) is 0 Å². The molecule has 2 rings (SSSR count). The molecule has 0 aliphatic carbocycles. The van der Waals surface area contributed by atoms with Gasteiger partial charge >= 0.3 is 0 Å². The van der Waals surface area contributed by atoms with Crippen LogP contribution in [0.1, 0.15) is 6.92 Å². The van der Waals surface area contributed by atoms with Gasteiger partial charge in [-0.3, -0.25) is 9.78 Å². The van der Waals surface area contributed by atoms with Gasteiger partial charge in [0.25, 0.3) is 0 Å². The minimum absolute atomic E-state index is 0.0389. The third-order valence-electron chi connectivity index (χ3n) is 2.31. The van der Waals surface area contributed by atoms with Crippen LogP contribution in [0.2, 0.25) is 0 Å². The average Bonchev–Trinajstić information content (AvgIpc) is 2.80. The number of benzene rings is 1. The van der Waals surface area contributed by atoms with Gasteiger partial charge in [0.2, 0.25) is 15.9 Å². The zero-order valence-electron chi connectivity index (χ0n) is 9.95. The van der Waals surface area contributed by atoms with E-state index in [0.29, 0.717) is 16.1 Å². The van der Waals surface area contributed by atoms with E-state index in [4.69, 9.17) is 5.14 Å². The summed E-state index contributed by atoms with van der Waals surface area (Å²) >= 11 is 1.31. The number of primary sulfonamides is 1. The number of nitrogens with zero attached hydrogens (tertiary/aromatic N) is 1. The minimum atomic E-state index is -3.89. The van der Waals surface area contributed by atoms with Crippen molar-refractivity contribution in [3.05, 3.63) is 29.9 Å². The van der Waals surface area contributed by atoms with E-state index in [0.717, 1.165) is 0 Å². The summed E-state index contributed by atoms with van der Waals surface area (Å²) in [5.74, 6) is -0.286. The highest BCUT2D eigenvalue weighted by atomic mass is 32.2. The predicted molar refractivity (Wildman–Crippen MR) is 73.2 cm³/mol. The Hall–Kier alpha value is -1.77. The van der Waals surface area contributed by atoms with E-state index in [1.165, 1.54) is 24.3 Å². The van der Waals surface area contributed by atoms with Gasteiger partial charge < -0.3 is 5.32 Å². The second kappa shape index (κ2) is 5.08. The number of thiazole rings is 1. The Bertz CT molecular complexity index is 709. The largest absolute Gasteiger partial charge is 0.326 e. The molecule has 1 aromatic heterocycles. The van der Waals surface area contributed by atoms with Crippen LogP contribution in [0.25, 0.3) is 10.4 Å². The van der Waals surface area contributed by atoms with Gasteiger partial charge in [0, 0.05) is 24.4 Å². The lowest BCUT2D eigenvalue weighted by Gasteiger charge is -2.09. The molecular formula is C11H11N3O3S2. The van der Waals surface area contributed by atoms with Crippen LogP contribution >= 0.6 is 11.3 Å². The smallest absolute Gasteiger partial charge is 0.238 e. The molecule has 19 heavy (non-hydrogen) atoms. The summed E-state index contributed by atoms with van der Waals surface area (Å²) in [5, 5.41) is 7.73. The molecule has 8 heteroatoms. The van der Waals surface area contributed by atoms with Crippen molar-refractivity contribution in [1.82, 2.24) is 4.98 Å². The fourth-order valence-electron chi connectivity index (χ4n) is 1.59. The molecule has 1 heterocycles. The van der Waals surface area contributed by atoms with E-state index in [1.807, 2.05) is 0 Å². The molecule has 6 nitrogen and oxygen atoms in total. The van der Waals surface area contributed by atoms with Crippen LogP contribution in [0.15, 0.2) is 34.8 Å². The van der Waals surface area contributed by atoms with Crippen molar-refractivity contribution < 1.29 is 13.2 Å². The molecule has 0 bridgehead atoms. The zero-order valence-corrected chi connectivity index (χ0v) is 11.6. The van der Waals surface area contributed by atoms with E-state index in [9.17, 15) is 13.2 Å². The number of hydrogen-bond donors (Lipinski definition) is 2. The first-order valence-electron chi connectivity index (χ1n) is 5.21. The number of sulfonamides is 1. The van der Waals surface area contributed by atoms with E-state index < -0.39 is 10.0 Å². The Balaban J connectivity index is 2.59. The van der Waals surface area contributed by atoms with Crippen molar-refractivity contribution in [2.75, 3.05) is 5.32 Å². The number of aromatic nitrogens is 1. The number of nitrogens with one attached hydrogen (secondary N) is 1. The van der Waals surface area contributed by atoms with Crippen molar-refractivity contribution in [3.63, 3.8) is 0 Å². The number of anilines is 1. The molecule has 0 saturated carbocycles. The summed E-state index contributed by atoms with van der Waals surface area (Å²) in [5.41, 5.74) is 2.45. The quantitative estimate of drug-likeness (QED) is 0.894. The summed E-state index contributed by atoms with van der Waals surface area (Å²) in [6.45, 7) is 1.34. The molecule has 0 unspecified atom stereocenters. The van der Waals surface area contributed by atoms with Crippen LogP contribution in [0.5, 0.6) is 0 Å². The van der Waals surface area contributed by atoms with Crippen LogP contribution < -0.4 is 10.5 Å². The van der Waals surface area contributed by atoms with Crippen LogP contribution in [-0.2, 0) is 14.8 Å². The van der Waals surface area contributed by atoms with Gasteiger partial charge in [-0.05, 0) is 12.1 Å². The van der Waals surface area contributed by atoms with Gasteiger partial charge in [0.05, 0.1) is 15.3 Å². The Morgan fingerprint density at radius 1 is 1.42 bits per heavy atom. The molecule has 100 valence electrons. The van der Waals surface area contributed by atoms with Gasteiger partial charge in [-0.1, -0.05) is 6.07 Å². The Kier molecular flexibility index (Phi) is 3.65. The standard InChI is InChI=1S/C11H11N3O3S2/c1-7(15)14-8-2-3-9(10-5-13-6-18-10)11(4-8)19(12,16)17/h2-6H,1H3,(H,14,15)(H2,12,16,17). The molecule has 0 fully saturated rings. The lowest BCUT2D eigenvalue weighted by Crippen LogP contribution is -2.14. The SMILES string of the molecule is CC(=O)Nc1ccc(-c2cncs2)c(S(N)(=O)=O)c1. The molecule has 0 radical (unpaired) electrons. The third-order valence-corrected chi connectivity index (χ3v) is 4.06. The van der Waals surface area contributed by atoms with Crippen molar-refractivity contribution in [3.8, 4) is 10.4 Å². The predicted octanol–water partition coefficient (Wildman–Crippen LogP) is 1.42. The summed E-state index contributed by atoms with van der Waals surface area (Å²) in [6.07, 6.45) is 1.56. The first-order valence-corrected chi connectivity index (χ1v) is 7.64. The molecule has 0 aliphatic rings. The first kappa shape index (κ1) is 13.7. The average molecular weight is 297 g/mol. The highest BCUT2D eigenvalue weighted by molar-refractivity contribution is 7.89.